The number of aromatic hydroxyl groups is 1. The highest BCUT2D eigenvalue weighted by Gasteiger charge is 2.16. The summed E-state index contributed by atoms with van der Waals surface area (Å²) in [6.07, 6.45) is 0. The van der Waals surface area contributed by atoms with Crippen LogP contribution in [0.1, 0.15) is 0 Å². The number of methoxy groups -OCH3 is 1. The van der Waals surface area contributed by atoms with Gasteiger partial charge in [0.1, 0.15) is 0 Å². The van der Waals surface area contributed by atoms with Crippen LogP contribution in [0, 0.1) is 0 Å². The van der Waals surface area contributed by atoms with Gasteiger partial charge in [0.25, 0.3) is 0 Å². The fourth-order valence-corrected chi connectivity index (χ4v) is 1.84. The first-order valence-corrected chi connectivity index (χ1v) is 5.20. The number of phenolic OH excluding ortho intramolecular Hbond substituents is 1. The lowest BCUT2D eigenvalue weighted by molar-refractivity contribution is 0.370. The van der Waals surface area contributed by atoms with Crippen LogP contribution in [-0.4, -0.2) is 17.4 Å². The molecule has 0 saturated carbocycles. The Morgan fingerprint density at radius 3 is 2.81 bits per heavy atom. The van der Waals surface area contributed by atoms with Crippen molar-refractivity contribution >= 4 is 21.7 Å². The van der Waals surface area contributed by atoms with E-state index in [1.54, 1.807) is 12.1 Å². The predicted octanol–water partition coefficient (Wildman–Crippen LogP) is 2.40. The minimum absolute atomic E-state index is 0.0203. The molecule has 3 N–H and O–H groups in total. The third kappa shape index (κ3) is 1.71. The van der Waals surface area contributed by atoms with Crippen LogP contribution in [0.25, 0.3) is 11.3 Å². The molecule has 5 nitrogen and oxygen atoms in total. The van der Waals surface area contributed by atoms with Crippen LogP contribution in [0.2, 0.25) is 0 Å². The second-order valence-corrected chi connectivity index (χ2v) is 3.95. The predicted molar refractivity (Wildman–Crippen MR) is 62.3 cm³/mol. The minimum Gasteiger partial charge on any atom is -0.504 e. The number of rotatable bonds is 2. The van der Waals surface area contributed by atoms with Crippen LogP contribution < -0.4 is 10.5 Å². The number of nitrogen functional groups attached to an aromatic ring is 1. The number of hydrogen-bond donors (Lipinski definition) is 2. The summed E-state index contributed by atoms with van der Waals surface area (Å²) >= 11 is 3.26. The maximum absolute atomic E-state index is 9.95. The third-order valence-corrected chi connectivity index (χ3v) is 2.71. The molecule has 0 radical (unpaired) electrons. The van der Waals surface area contributed by atoms with E-state index in [1.807, 2.05) is 0 Å². The first kappa shape index (κ1) is 10.8. The molecule has 2 aromatic rings. The summed E-state index contributed by atoms with van der Waals surface area (Å²) in [6, 6.07) is 4.96. The normalized spacial score (nSPS) is 10.4. The first-order valence-electron chi connectivity index (χ1n) is 4.41. The Kier molecular flexibility index (Phi) is 2.74. The van der Waals surface area contributed by atoms with Gasteiger partial charge in [0.05, 0.1) is 17.1 Å². The second-order valence-electron chi connectivity index (χ2n) is 3.09. The van der Waals surface area contributed by atoms with Crippen molar-refractivity contribution in [3.63, 3.8) is 0 Å². The van der Waals surface area contributed by atoms with E-state index in [-0.39, 0.29) is 11.6 Å². The lowest BCUT2D eigenvalue weighted by Crippen LogP contribution is -1.87. The molecule has 0 bridgehead atoms. The van der Waals surface area contributed by atoms with E-state index in [0.29, 0.717) is 21.5 Å². The number of aromatic nitrogens is 1. The minimum atomic E-state index is -0.0203. The van der Waals surface area contributed by atoms with Crippen molar-refractivity contribution in [2.24, 2.45) is 0 Å². The highest BCUT2D eigenvalue weighted by molar-refractivity contribution is 9.10. The summed E-state index contributed by atoms with van der Waals surface area (Å²) in [5.74, 6) is 0.970. The molecule has 0 unspecified atom stereocenters. The maximum Gasteiger partial charge on any atom is 0.175 e. The van der Waals surface area contributed by atoms with Gasteiger partial charge in [0.2, 0.25) is 0 Å². The lowest BCUT2D eigenvalue weighted by Gasteiger charge is -2.08. The van der Waals surface area contributed by atoms with Crippen molar-refractivity contribution in [2.45, 2.75) is 0 Å². The number of nitrogens with two attached hydrogens (primary N) is 1. The van der Waals surface area contributed by atoms with Gasteiger partial charge in [-0.3, -0.25) is 0 Å². The molecule has 6 heteroatoms. The topological polar surface area (TPSA) is 81.5 Å². The van der Waals surface area contributed by atoms with Gasteiger partial charge in [0, 0.05) is 6.07 Å². The van der Waals surface area contributed by atoms with E-state index in [2.05, 4.69) is 21.1 Å². The number of phenols is 1. The lowest BCUT2D eigenvalue weighted by atomic mass is 10.1. The second kappa shape index (κ2) is 4.05. The quantitative estimate of drug-likeness (QED) is 0.885. The molecule has 2 rings (SSSR count). The molecule has 16 heavy (non-hydrogen) atoms. The summed E-state index contributed by atoms with van der Waals surface area (Å²) in [4.78, 5) is 0. The maximum atomic E-state index is 9.95. The zero-order chi connectivity index (χ0) is 11.7. The number of anilines is 1. The van der Waals surface area contributed by atoms with Crippen LogP contribution >= 0.6 is 15.9 Å². The summed E-state index contributed by atoms with van der Waals surface area (Å²) in [5.41, 5.74) is 5.92. The molecule has 1 aromatic heterocycles. The van der Waals surface area contributed by atoms with E-state index in [9.17, 15) is 5.11 Å². The molecule has 0 aliphatic carbocycles. The highest BCUT2D eigenvalue weighted by atomic mass is 79.9. The van der Waals surface area contributed by atoms with Crippen LogP contribution in [0.3, 0.4) is 0 Å². The Morgan fingerprint density at radius 1 is 1.50 bits per heavy atom. The monoisotopic (exact) mass is 284 g/mol. The molecule has 0 amide bonds. The Labute approximate surface area is 99.9 Å². The Morgan fingerprint density at radius 2 is 2.25 bits per heavy atom. The third-order valence-electron chi connectivity index (χ3n) is 2.08. The van der Waals surface area contributed by atoms with Gasteiger partial charge in [-0.1, -0.05) is 5.16 Å². The van der Waals surface area contributed by atoms with Crippen LogP contribution in [0.5, 0.6) is 11.5 Å². The van der Waals surface area contributed by atoms with Crippen molar-refractivity contribution in [3.8, 4) is 22.8 Å². The summed E-state index contributed by atoms with van der Waals surface area (Å²) in [5, 5.41) is 13.5. The van der Waals surface area contributed by atoms with Gasteiger partial charge in [0.15, 0.2) is 23.1 Å². The van der Waals surface area contributed by atoms with Crippen molar-refractivity contribution in [2.75, 3.05) is 12.8 Å². The van der Waals surface area contributed by atoms with Gasteiger partial charge in [-0.15, -0.1) is 0 Å². The molecule has 0 aliphatic heterocycles. The average molecular weight is 285 g/mol. The zero-order valence-corrected chi connectivity index (χ0v) is 9.98. The summed E-state index contributed by atoms with van der Waals surface area (Å²) in [7, 11) is 1.47. The van der Waals surface area contributed by atoms with Gasteiger partial charge >= 0.3 is 0 Å². The van der Waals surface area contributed by atoms with E-state index >= 15 is 0 Å². The molecule has 0 saturated heterocycles. The van der Waals surface area contributed by atoms with Crippen molar-refractivity contribution in [1.29, 1.82) is 0 Å². The first-order chi connectivity index (χ1) is 7.63. The van der Waals surface area contributed by atoms with Crippen LogP contribution in [0.15, 0.2) is 27.2 Å². The number of halogens is 1. The van der Waals surface area contributed by atoms with E-state index in [1.165, 1.54) is 13.2 Å². The Hall–Kier alpha value is -1.69. The van der Waals surface area contributed by atoms with E-state index < -0.39 is 0 Å². The number of benzene rings is 1. The molecule has 0 spiro atoms. The fourth-order valence-electron chi connectivity index (χ4n) is 1.36. The molecule has 1 heterocycles. The molecule has 1 aromatic carbocycles. The summed E-state index contributed by atoms with van der Waals surface area (Å²) < 4.78 is 10.7. The van der Waals surface area contributed by atoms with Crippen molar-refractivity contribution < 1.29 is 14.4 Å². The highest BCUT2D eigenvalue weighted by Crippen LogP contribution is 2.42. The van der Waals surface area contributed by atoms with Crippen LogP contribution in [0.4, 0.5) is 5.82 Å². The molecule has 0 fully saturated rings. The smallest absolute Gasteiger partial charge is 0.175 e. The Balaban J connectivity index is 2.58. The molecular formula is C10H9BrN2O3. The molecule has 84 valence electrons. The zero-order valence-electron chi connectivity index (χ0n) is 8.40. The average Bonchev–Trinajstić information content (AvgIpc) is 2.65. The van der Waals surface area contributed by atoms with Gasteiger partial charge in [-0.2, -0.15) is 0 Å². The van der Waals surface area contributed by atoms with Gasteiger partial charge < -0.3 is 20.1 Å². The largest absolute Gasteiger partial charge is 0.504 e. The Bertz CT molecular complexity index is 525. The van der Waals surface area contributed by atoms with E-state index in [4.69, 9.17) is 15.0 Å². The van der Waals surface area contributed by atoms with Crippen molar-refractivity contribution in [3.05, 3.63) is 22.7 Å². The van der Waals surface area contributed by atoms with Crippen molar-refractivity contribution in [1.82, 2.24) is 5.16 Å². The molecule has 0 aliphatic rings. The number of ether oxygens (including phenoxy) is 1. The van der Waals surface area contributed by atoms with Gasteiger partial charge in [-0.25, -0.2) is 0 Å². The fraction of sp³-hybridized carbons (Fsp3) is 0.100. The summed E-state index contributed by atoms with van der Waals surface area (Å²) in [6.45, 7) is 0. The molecule has 0 atom stereocenters. The molecular weight excluding hydrogens is 276 g/mol. The number of nitrogens with zero attached hydrogens (tertiary/aromatic N) is 1. The standard InChI is InChI=1S/C10H9BrN2O3/c1-15-10-6(11)3-2-5(9(10)14)7-4-8(12)13-16-7/h2-4,14H,1H3,(H2,12,13). The van der Waals surface area contributed by atoms with Crippen LogP contribution in [-0.2, 0) is 0 Å². The van der Waals surface area contributed by atoms with E-state index in [0.717, 1.165) is 0 Å². The van der Waals surface area contributed by atoms with Gasteiger partial charge in [-0.05, 0) is 28.1 Å². The SMILES string of the molecule is COc1c(Br)ccc(-c2cc(N)no2)c1O. The number of hydrogen-bond acceptors (Lipinski definition) is 5.